The van der Waals surface area contributed by atoms with Crippen LogP contribution in [-0.4, -0.2) is 25.7 Å². The second kappa shape index (κ2) is 6.16. The van der Waals surface area contributed by atoms with Crippen LogP contribution in [0.3, 0.4) is 0 Å². The summed E-state index contributed by atoms with van der Waals surface area (Å²) in [5.41, 5.74) is 2.88. The van der Waals surface area contributed by atoms with Gasteiger partial charge in [-0.05, 0) is 24.3 Å². The minimum Gasteiger partial charge on any atom is -0.305 e. The van der Waals surface area contributed by atoms with Crippen LogP contribution in [0.4, 0.5) is 5.82 Å². The van der Waals surface area contributed by atoms with Gasteiger partial charge in [0.2, 0.25) is 0 Å². The van der Waals surface area contributed by atoms with E-state index in [1.165, 1.54) is 0 Å². The highest BCUT2D eigenvalue weighted by Gasteiger charge is 2.15. The fourth-order valence-corrected chi connectivity index (χ4v) is 2.69. The van der Waals surface area contributed by atoms with Gasteiger partial charge in [0, 0.05) is 42.7 Å². The van der Waals surface area contributed by atoms with E-state index in [1.807, 2.05) is 36.4 Å². The highest BCUT2D eigenvalue weighted by molar-refractivity contribution is 6.12. The van der Waals surface area contributed by atoms with Crippen molar-refractivity contribution in [3.8, 4) is 11.3 Å². The first-order valence-corrected chi connectivity index (χ1v) is 7.82. The van der Waals surface area contributed by atoms with Gasteiger partial charge in [-0.1, -0.05) is 18.2 Å². The Morgan fingerprint density at radius 2 is 2.00 bits per heavy atom. The van der Waals surface area contributed by atoms with Crippen LogP contribution in [0.5, 0.6) is 0 Å². The van der Waals surface area contributed by atoms with E-state index in [9.17, 15) is 4.79 Å². The maximum absolute atomic E-state index is 12.8. The Bertz CT molecular complexity index is 1060. The van der Waals surface area contributed by atoms with Crippen LogP contribution in [-0.2, 0) is 7.05 Å². The van der Waals surface area contributed by atoms with Crippen molar-refractivity contribution in [2.75, 3.05) is 5.32 Å². The van der Waals surface area contributed by atoms with Gasteiger partial charge in [0.15, 0.2) is 5.82 Å². The first-order valence-electron chi connectivity index (χ1n) is 7.82. The van der Waals surface area contributed by atoms with Crippen molar-refractivity contribution >= 4 is 22.6 Å². The number of para-hydroxylation sites is 1. The van der Waals surface area contributed by atoms with Gasteiger partial charge in [-0.3, -0.25) is 14.5 Å². The van der Waals surface area contributed by atoms with Crippen LogP contribution in [0, 0.1) is 0 Å². The molecule has 4 aromatic rings. The number of hydrogen-bond donors (Lipinski definition) is 1. The van der Waals surface area contributed by atoms with Crippen LogP contribution < -0.4 is 5.32 Å². The monoisotopic (exact) mass is 329 g/mol. The van der Waals surface area contributed by atoms with Crippen molar-refractivity contribution in [1.82, 2.24) is 19.7 Å². The summed E-state index contributed by atoms with van der Waals surface area (Å²) in [4.78, 5) is 21.6. The second-order valence-corrected chi connectivity index (χ2v) is 5.64. The highest BCUT2D eigenvalue weighted by Crippen LogP contribution is 2.25. The number of rotatable bonds is 3. The molecule has 4 rings (SSSR count). The van der Waals surface area contributed by atoms with Crippen LogP contribution in [0.15, 0.2) is 67.1 Å². The summed E-state index contributed by atoms with van der Waals surface area (Å²) in [6.45, 7) is 0. The molecule has 0 aliphatic carbocycles. The number of carbonyl (C=O) groups excluding carboxylic acids is 1. The standard InChI is InChI=1S/C19H15N5O/c1-24-10-8-18(23-24)22-19(25)15-11-17(13-5-4-9-20-12-13)21-16-7-3-2-6-14(15)16/h2-12H,1H3,(H,22,23,25). The molecule has 1 aromatic carbocycles. The molecule has 6 heteroatoms. The Hall–Kier alpha value is -3.54. The summed E-state index contributed by atoms with van der Waals surface area (Å²) in [5.74, 6) is 0.291. The average molecular weight is 329 g/mol. The number of carbonyl (C=O) groups is 1. The average Bonchev–Trinajstić information content (AvgIpc) is 3.06. The Balaban J connectivity index is 1.82. The highest BCUT2D eigenvalue weighted by atomic mass is 16.1. The molecule has 3 heterocycles. The zero-order valence-electron chi connectivity index (χ0n) is 13.5. The van der Waals surface area contributed by atoms with E-state index in [0.29, 0.717) is 17.1 Å². The van der Waals surface area contributed by atoms with Crippen LogP contribution in [0.25, 0.3) is 22.2 Å². The van der Waals surface area contributed by atoms with Crippen LogP contribution in [0.2, 0.25) is 0 Å². The number of fused-ring (bicyclic) bond motifs is 1. The van der Waals surface area contributed by atoms with Crippen LogP contribution >= 0.6 is 0 Å². The van der Waals surface area contributed by atoms with Gasteiger partial charge < -0.3 is 5.32 Å². The molecule has 1 amide bonds. The molecule has 0 spiro atoms. The maximum atomic E-state index is 12.8. The molecule has 1 N–H and O–H groups in total. The number of nitrogens with zero attached hydrogens (tertiary/aromatic N) is 4. The molecule has 0 unspecified atom stereocenters. The Morgan fingerprint density at radius 1 is 1.12 bits per heavy atom. The molecule has 0 fully saturated rings. The largest absolute Gasteiger partial charge is 0.305 e. The van der Waals surface area contributed by atoms with Gasteiger partial charge in [0.1, 0.15) is 0 Å². The Kier molecular flexibility index (Phi) is 3.70. The molecule has 3 aromatic heterocycles. The van der Waals surface area contributed by atoms with Gasteiger partial charge in [-0.25, -0.2) is 4.98 Å². The van der Waals surface area contributed by atoms with E-state index in [1.54, 1.807) is 42.5 Å². The topological polar surface area (TPSA) is 72.7 Å². The summed E-state index contributed by atoms with van der Waals surface area (Å²) >= 11 is 0. The smallest absolute Gasteiger partial charge is 0.257 e. The fourth-order valence-electron chi connectivity index (χ4n) is 2.69. The molecular weight excluding hydrogens is 314 g/mol. The lowest BCUT2D eigenvalue weighted by molar-refractivity contribution is 0.102. The lowest BCUT2D eigenvalue weighted by atomic mass is 10.0. The molecule has 122 valence electrons. The number of aromatic nitrogens is 4. The van der Waals surface area contributed by atoms with E-state index in [2.05, 4.69) is 20.4 Å². The van der Waals surface area contributed by atoms with E-state index in [-0.39, 0.29) is 5.91 Å². The number of anilines is 1. The van der Waals surface area contributed by atoms with Gasteiger partial charge in [-0.2, -0.15) is 5.10 Å². The van der Waals surface area contributed by atoms with Crippen LogP contribution in [0.1, 0.15) is 10.4 Å². The molecule has 0 aliphatic rings. The number of hydrogen-bond acceptors (Lipinski definition) is 4. The molecule has 0 bridgehead atoms. The lowest BCUT2D eigenvalue weighted by Gasteiger charge is -2.09. The Labute approximate surface area is 144 Å². The number of pyridine rings is 2. The summed E-state index contributed by atoms with van der Waals surface area (Å²) in [6.07, 6.45) is 5.22. The second-order valence-electron chi connectivity index (χ2n) is 5.64. The summed E-state index contributed by atoms with van der Waals surface area (Å²) in [5, 5.41) is 7.83. The molecule has 0 saturated carbocycles. The minimum absolute atomic E-state index is 0.220. The predicted octanol–water partition coefficient (Wildman–Crippen LogP) is 3.28. The molecule has 0 aliphatic heterocycles. The maximum Gasteiger partial charge on any atom is 0.257 e. The van der Waals surface area contributed by atoms with Gasteiger partial charge >= 0.3 is 0 Å². The van der Waals surface area contributed by atoms with Crippen molar-refractivity contribution < 1.29 is 4.79 Å². The summed E-state index contributed by atoms with van der Waals surface area (Å²) in [6, 6.07) is 14.9. The molecule has 0 atom stereocenters. The molecule has 6 nitrogen and oxygen atoms in total. The first kappa shape index (κ1) is 15.0. The first-order chi connectivity index (χ1) is 12.2. The molecule has 0 saturated heterocycles. The number of amides is 1. The zero-order valence-corrected chi connectivity index (χ0v) is 13.5. The lowest BCUT2D eigenvalue weighted by Crippen LogP contribution is -2.13. The number of benzene rings is 1. The predicted molar refractivity (Wildman–Crippen MR) is 96.1 cm³/mol. The van der Waals surface area contributed by atoms with Gasteiger partial charge in [0.25, 0.3) is 5.91 Å². The fraction of sp³-hybridized carbons (Fsp3) is 0.0526. The minimum atomic E-state index is -0.220. The van der Waals surface area contributed by atoms with E-state index < -0.39 is 0 Å². The van der Waals surface area contributed by atoms with E-state index >= 15 is 0 Å². The van der Waals surface area contributed by atoms with Crippen molar-refractivity contribution in [2.45, 2.75) is 0 Å². The third kappa shape index (κ3) is 2.97. The third-order valence-corrected chi connectivity index (χ3v) is 3.87. The summed E-state index contributed by atoms with van der Waals surface area (Å²) < 4.78 is 1.64. The van der Waals surface area contributed by atoms with Crippen molar-refractivity contribution in [3.63, 3.8) is 0 Å². The van der Waals surface area contributed by atoms with E-state index in [4.69, 9.17) is 0 Å². The summed E-state index contributed by atoms with van der Waals surface area (Å²) in [7, 11) is 1.80. The molecular formula is C19H15N5O. The van der Waals surface area contributed by atoms with Crippen molar-refractivity contribution in [2.24, 2.45) is 7.05 Å². The molecule has 25 heavy (non-hydrogen) atoms. The zero-order chi connectivity index (χ0) is 17.2. The van der Waals surface area contributed by atoms with Gasteiger partial charge in [-0.15, -0.1) is 0 Å². The third-order valence-electron chi connectivity index (χ3n) is 3.87. The van der Waals surface area contributed by atoms with Crippen molar-refractivity contribution in [1.29, 1.82) is 0 Å². The molecule has 0 radical (unpaired) electrons. The SMILES string of the molecule is Cn1ccc(NC(=O)c2cc(-c3cccnc3)nc3ccccc23)n1. The van der Waals surface area contributed by atoms with Crippen molar-refractivity contribution in [3.05, 3.63) is 72.7 Å². The number of aryl methyl sites for hydroxylation is 1. The van der Waals surface area contributed by atoms with E-state index in [0.717, 1.165) is 16.5 Å². The Morgan fingerprint density at radius 3 is 2.76 bits per heavy atom. The quantitative estimate of drug-likeness (QED) is 0.626. The number of nitrogens with one attached hydrogen (secondary N) is 1. The normalized spacial score (nSPS) is 10.8. The van der Waals surface area contributed by atoms with Gasteiger partial charge in [0.05, 0.1) is 16.8 Å².